The van der Waals surface area contributed by atoms with Crippen LogP contribution in [0.5, 0.6) is 0 Å². The number of nitrogens with zero attached hydrogens (tertiary/aromatic N) is 1. The van der Waals surface area contributed by atoms with Gasteiger partial charge >= 0.3 is 6.18 Å². The number of amides is 1. The highest BCUT2D eigenvalue weighted by Crippen LogP contribution is 2.74. The van der Waals surface area contributed by atoms with E-state index >= 15 is 0 Å². The fourth-order valence-corrected chi connectivity index (χ4v) is 10.4. The zero-order valence-corrected chi connectivity index (χ0v) is 25.3. The second-order valence-electron chi connectivity index (χ2n) is 15.7. The number of alkyl halides is 3. The number of fused-ring (bicyclic) bond motifs is 7. The first-order valence-corrected chi connectivity index (χ1v) is 15.0. The van der Waals surface area contributed by atoms with Crippen LogP contribution >= 0.6 is 0 Å². The van der Waals surface area contributed by atoms with E-state index in [1.165, 1.54) is 0 Å². The minimum atomic E-state index is -4.51. The lowest BCUT2D eigenvalue weighted by Gasteiger charge is -2.69. The molecule has 8 heteroatoms. The van der Waals surface area contributed by atoms with Crippen molar-refractivity contribution < 1.29 is 27.6 Å². The van der Waals surface area contributed by atoms with E-state index in [9.17, 15) is 32.8 Å². The van der Waals surface area contributed by atoms with E-state index < -0.39 is 51.6 Å². The van der Waals surface area contributed by atoms with Crippen LogP contribution in [-0.2, 0) is 14.4 Å². The topological polar surface area (TPSA) is 87.0 Å². The Morgan fingerprint density at radius 2 is 1.66 bits per heavy atom. The lowest BCUT2D eigenvalue weighted by molar-refractivity contribution is -0.181. The van der Waals surface area contributed by atoms with E-state index in [0.29, 0.717) is 32.1 Å². The van der Waals surface area contributed by atoms with Crippen LogP contribution in [0.4, 0.5) is 13.2 Å². The molecule has 5 rings (SSSR count). The van der Waals surface area contributed by atoms with Crippen LogP contribution in [0.1, 0.15) is 93.4 Å². The van der Waals surface area contributed by atoms with Gasteiger partial charge in [-0.25, -0.2) is 0 Å². The highest BCUT2D eigenvalue weighted by molar-refractivity contribution is 6.04. The first kappa shape index (κ1) is 30.0. The summed E-state index contributed by atoms with van der Waals surface area (Å²) < 4.78 is 39.4. The number of hydrogen-bond donors (Lipinski definition) is 1. The van der Waals surface area contributed by atoms with E-state index in [1.54, 1.807) is 12.2 Å². The molecule has 5 aliphatic carbocycles. The van der Waals surface area contributed by atoms with Gasteiger partial charge in [0.1, 0.15) is 12.6 Å². The maximum absolute atomic E-state index is 14.4. The van der Waals surface area contributed by atoms with Gasteiger partial charge in [-0.1, -0.05) is 60.1 Å². The molecule has 0 heterocycles. The Morgan fingerprint density at radius 3 is 2.27 bits per heavy atom. The summed E-state index contributed by atoms with van der Waals surface area (Å²) in [6.45, 7) is 13.1. The Kier molecular flexibility index (Phi) is 6.45. The number of rotatable bonds is 2. The van der Waals surface area contributed by atoms with Gasteiger partial charge in [0.15, 0.2) is 11.6 Å². The number of nitriles is 1. The average molecular weight is 573 g/mol. The predicted molar refractivity (Wildman–Crippen MR) is 148 cm³/mol. The maximum atomic E-state index is 14.4. The minimum absolute atomic E-state index is 0.0705. The number of Topliss-reactive ketones (excluding diaryl/α,β-unsaturated/α-hetero) is 1. The standard InChI is InChI=1S/C33H43F3N2O3/c1-27(2)10-12-32(26(41)38-18-33(34,35)36)13-11-31(7)24(20(32)16-27)21(39)14-23-29(5)15-19(17-37)25(40)28(3,4)22(29)8-9-30(23,31)6/h14-15,20,22,24H,8-13,16,18H2,1-7H3,(H,38,41)/t20?,22-,24?,29-,30+,31+,32-/m0/s1. The van der Waals surface area contributed by atoms with Crippen molar-refractivity contribution in [2.75, 3.05) is 6.54 Å². The molecule has 0 aliphatic heterocycles. The van der Waals surface area contributed by atoms with Crippen molar-refractivity contribution in [3.8, 4) is 6.07 Å². The summed E-state index contributed by atoms with van der Waals surface area (Å²) in [5, 5.41) is 12.1. The molecule has 1 amide bonds. The van der Waals surface area contributed by atoms with E-state index in [-0.39, 0.29) is 34.4 Å². The first-order valence-electron chi connectivity index (χ1n) is 15.0. The predicted octanol–water partition coefficient (Wildman–Crippen LogP) is 6.88. The number of nitrogens with one attached hydrogen (secondary N) is 1. The Labute approximate surface area is 241 Å². The number of ketones is 2. The van der Waals surface area contributed by atoms with Crippen molar-refractivity contribution in [2.24, 2.45) is 50.2 Å². The summed E-state index contributed by atoms with van der Waals surface area (Å²) in [5.41, 5.74) is -2.47. The highest BCUT2D eigenvalue weighted by Gasteiger charge is 2.70. The van der Waals surface area contributed by atoms with Crippen LogP contribution < -0.4 is 5.32 Å². The molecular weight excluding hydrogens is 529 g/mol. The summed E-state index contributed by atoms with van der Waals surface area (Å²) in [6, 6.07) is 2.11. The Bertz CT molecular complexity index is 1320. The normalized spacial score (nSPS) is 42.8. The SMILES string of the molecule is CC1(C)CC[C@]2(C(=O)NCC(F)(F)F)CC[C@]3(C)C(C(=O)C=C4[C@@]5(C)C=C(C#N)C(=O)C(C)(C)[C@@H]5CC[C@]43C)C2C1. The third kappa shape index (κ3) is 4.03. The van der Waals surface area contributed by atoms with Gasteiger partial charge in [0.2, 0.25) is 5.91 Å². The van der Waals surface area contributed by atoms with Crippen LogP contribution in [-0.4, -0.2) is 30.2 Å². The molecule has 224 valence electrons. The number of hydrogen-bond acceptors (Lipinski definition) is 4. The molecule has 5 nitrogen and oxygen atoms in total. The summed E-state index contributed by atoms with van der Waals surface area (Å²) >= 11 is 0. The maximum Gasteiger partial charge on any atom is 0.405 e. The molecule has 0 radical (unpaired) electrons. The molecule has 2 unspecified atom stereocenters. The zero-order valence-electron chi connectivity index (χ0n) is 25.3. The third-order valence-corrected chi connectivity index (χ3v) is 12.8. The van der Waals surface area contributed by atoms with Crippen molar-refractivity contribution >= 4 is 17.5 Å². The highest BCUT2D eigenvalue weighted by atomic mass is 19.4. The van der Waals surface area contributed by atoms with Crippen LogP contribution in [0.3, 0.4) is 0 Å². The Hall–Kier alpha value is -2.43. The molecule has 0 spiro atoms. The molecule has 3 fully saturated rings. The summed E-state index contributed by atoms with van der Waals surface area (Å²) in [6.07, 6.45) is 3.30. The largest absolute Gasteiger partial charge is 0.405 e. The number of allylic oxidation sites excluding steroid dienone is 4. The van der Waals surface area contributed by atoms with Crippen molar-refractivity contribution in [1.29, 1.82) is 5.26 Å². The second-order valence-corrected chi connectivity index (χ2v) is 15.7. The molecule has 0 aromatic carbocycles. The summed E-state index contributed by atoms with van der Waals surface area (Å²) in [5.74, 6) is -1.75. The monoisotopic (exact) mass is 572 g/mol. The molecular formula is C33H43F3N2O3. The van der Waals surface area contributed by atoms with Gasteiger partial charge < -0.3 is 5.32 Å². The minimum Gasteiger partial charge on any atom is -0.346 e. The molecule has 41 heavy (non-hydrogen) atoms. The molecule has 0 aromatic heterocycles. The van der Waals surface area contributed by atoms with E-state index in [4.69, 9.17) is 0 Å². The fraction of sp³-hybridized carbons (Fsp3) is 0.758. The third-order valence-electron chi connectivity index (χ3n) is 12.8. The number of carbonyl (C=O) groups excluding carboxylic acids is 3. The van der Waals surface area contributed by atoms with Crippen molar-refractivity contribution in [3.05, 3.63) is 23.3 Å². The van der Waals surface area contributed by atoms with Gasteiger partial charge in [0, 0.05) is 16.7 Å². The molecule has 5 aliphatic rings. The Morgan fingerprint density at radius 1 is 1.02 bits per heavy atom. The lowest BCUT2D eigenvalue weighted by Crippen LogP contribution is -2.66. The van der Waals surface area contributed by atoms with Gasteiger partial charge in [0.05, 0.1) is 11.0 Å². The van der Waals surface area contributed by atoms with E-state index in [0.717, 1.165) is 18.4 Å². The van der Waals surface area contributed by atoms with Crippen molar-refractivity contribution in [3.63, 3.8) is 0 Å². The average Bonchev–Trinajstić information content (AvgIpc) is 2.85. The number of carbonyl (C=O) groups is 3. The first-order chi connectivity index (χ1) is 18.7. The van der Waals surface area contributed by atoms with Gasteiger partial charge in [-0.3, -0.25) is 14.4 Å². The zero-order chi connectivity index (χ0) is 30.6. The van der Waals surface area contributed by atoms with Crippen molar-refractivity contribution in [2.45, 2.75) is 99.6 Å². The molecule has 3 saturated carbocycles. The van der Waals surface area contributed by atoms with Gasteiger partial charge in [0.25, 0.3) is 0 Å². The van der Waals surface area contributed by atoms with E-state index in [1.807, 2.05) is 13.8 Å². The molecule has 0 aromatic rings. The fourth-order valence-electron chi connectivity index (χ4n) is 10.4. The Balaban J connectivity index is 1.65. The van der Waals surface area contributed by atoms with Crippen LogP contribution in [0.2, 0.25) is 0 Å². The van der Waals surface area contributed by atoms with Crippen LogP contribution in [0, 0.1) is 61.6 Å². The smallest absolute Gasteiger partial charge is 0.346 e. The van der Waals surface area contributed by atoms with Gasteiger partial charge in [-0.05, 0) is 79.1 Å². The second kappa shape index (κ2) is 8.80. The molecule has 0 bridgehead atoms. The summed E-state index contributed by atoms with van der Waals surface area (Å²) in [7, 11) is 0. The molecule has 7 atom stereocenters. The van der Waals surface area contributed by atoms with Crippen LogP contribution in [0.15, 0.2) is 23.3 Å². The van der Waals surface area contributed by atoms with E-state index in [2.05, 4.69) is 46.0 Å². The quantitative estimate of drug-likeness (QED) is 0.391. The summed E-state index contributed by atoms with van der Waals surface area (Å²) in [4.78, 5) is 41.3. The number of halogens is 3. The molecule has 0 saturated heterocycles. The van der Waals surface area contributed by atoms with Gasteiger partial charge in [-0.15, -0.1) is 0 Å². The van der Waals surface area contributed by atoms with Crippen molar-refractivity contribution in [1.82, 2.24) is 5.32 Å². The lowest BCUT2D eigenvalue weighted by atomic mass is 9.34. The van der Waals surface area contributed by atoms with Gasteiger partial charge in [-0.2, -0.15) is 18.4 Å². The molecule has 1 N–H and O–H groups in total. The van der Waals surface area contributed by atoms with Crippen LogP contribution in [0.25, 0.3) is 0 Å².